The van der Waals surface area contributed by atoms with Crippen molar-refractivity contribution in [2.75, 3.05) is 25.1 Å². The van der Waals surface area contributed by atoms with Gasteiger partial charge in [-0.2, -0.15) is 0 Å². The highest BCUT2D eigenvalue weighted by Crippen LogP contribution is 2.29. The number of nitrogens with one attached hydrogen (secondary N) is 1. The van der Waals surface area contributed by atoms with Crippen molar-refractivity contribution in [2.45, 2.75) is 26.7 Å². The third-order valence-electron chi connectivity index (χ3n) is 5.04. The van der Waals surface area contributed by atoms with E-state index in [1.165, 1.54) is 0 Å². The predicted molar refractivity (Wildman–Crippen MR) is 106 cm³/mol. The standard InChI is InChI=1S/C22H26N2O3/c1-15-8-9-16(2)19(12-15)24-14-18(13-21(24)25)22(26)23-11-10-17-6-4-5-7-20(17)27-3/h4-9,12,18H,10-11,13-14H2,1-3H3,(H,23,26). The molecule has 2 aromatic carbocycles. The van der Waals surface area contributed by atoms with Crippen LogP contribution in [0, 0.1) is 19.8 Å². The summed E-state index contributed by atoms with van der Waals surface area (Å²) in [6.45, 7) is 4.95. The lowest BCUT2D eigenvalue weighted by Gasteiger charge is -2.19. The number of carbonyl (C=O) groups is 2. The van der Waals surface area contributed by atoms with E-state index in [9.17, 15) is 9.59 Å². The number of rotatable bonds is 6. The average Bonchev–Trinajstić information content (AvgIpc) is 3.05. The molecule has 2 aromatic rings. The number of benzene rings is 2. The van der Waals surface area contributed by atoms with Crippen molar-refractivity contribution in [1.82, 2.24) is 5.32 Å². The SMILES string of the molecule is COc1ccccc1CCNC(=O)C1CC(=O)N(c2cc(C)ccc2C)C1. The van der Waals surface area contributed by atoms with E-state index in [1.54, 1.807) is 12.0 Å². The molecule has 1 atom stereocenters. The molecule has 27 heavy (non-hydrogen) atoms. The minimum Gasteiger partial charge on any atom is -0.496 e. The Hall–Kier alpha value is -2.82. The topological polar surface area (TPSA) is 58.6 Å². The van der Waals surface area contributed by atoms with Gasteiger partial charge in [-0.1, -0.05) is 30.3 Å². The minimum atomic E-state index is -0.310. The number of amides is 2. The fourth-order valence-electron chi connectivity index (χ4n) is 3.50. The molecular formula is C22H26N2O3. The maximum Gasteiger partial charge on any atom is 0.227 e. The van der Waals surface area contributed by atoms with Crippen LogP contribution in [0.4, 0.5) is 5.69 Å². The maximum absolute atomic E-state index is 12.5. The number of aryl methyl sites for hydroxylation is 2. The summed E-state index contributed by atoms with van der Waals surface area (Å²) in [6, 6.07) is 13.8. The van der Waals surface area contributed by atoms with E-state index in [0.717, 1.165) is 28.1 Å². The van der Waals surface area contributed by atoms with E-state index in [4.69, 9.17) is 4.74 Å². The van der Waals surface area contributed by atoms with Gasteiger partial charge in [0.1, 0.15) is 5.75 Å². The highest BCUT2D eigenvalue weighted by molar-refractivity contribution is 6.00. The van der Waals surface area contributed by atoms with Gasteiger partial charge in [-0.15, -0.1) is 0 Å². The molecule has 1 saturated heterocycles. The van der Waals surface area contributed by atoms with Crippen LogP contribution in [0.15, 0.2) is 42.5 Å². The largest absolute Gasteiger partial charge is 0.496 e. The molecule has 1 unspecified atom stereocenters. The number of hydrogen-bond donors (Lipinski definition) is 1. The number of para-hydroxylation sites is 1. The summed E-state index contributed by atoms with van der Waals surface area (Å²) < 4.78 is 5.34. The van der Waals surface area contributed by atoms with Gasteiger partial charge in [-0.3, -0.25) is 9.59 Å². The molecule has 0 bridgehead atoms. The highest BCUT2D eigenvalue weighted by Gasteiger charge is 2.35. The summed E-state index contributed by atoms with van der Waals surface area (Å²) in [5.74, 6) is 0.457. The molecule has 0 saturated carbocycles. The molecule has 1 fully saturated rings. The van der Waals surface area contributed by atoms with E-state index in [1.807, 2.05) is 56.3 Å². The van der Waals surface area contributed by atoms with E-state index in [2.05, 4.69) is 5.32 Å². The van der Waals surface area contributed by atoms with Crippen LogP contribution in [0.25, 0.3) is 0 Å². The first-order valence-corrected chi connectivity index (χ1v) is 9.27. The summed E-state index contributed by atoms with van der Waals surface area (Å²) in [7, 11) is 1.64. The first-order valence-electron chi connectivity index (χ1n) is 9.27. The van der Waals surface area contributed by atoms with E-state index < -0.39 is 0 Å². The molecule has 0 spiro atoms. The van der Waals surface area contributed by atoms with Crippen LogP contribution < -0.4 is 15.0 Å². The number of carbonyl (C=O) groups excluding carboxylic acids is 2. The minimum absolute atomic E-state index is 0.00794. The van der Waals surface area contributed by atoms with Crippen LogP contribution in [0.3, 0.4) is 0 Å². The Kier molecular flexibility index (Phi) is 5.79. The highest BCUT2D eigenvalue weighted by atomic mass is 16.5. The maximum atomic E-state index is 12.5. The zero-order chi connectivity index (χ0) is 19.4. The Morgan fingerprint density at radius 3 is 2.78 bits per heavy atom. The fraction of sp³-hybridized carbons (Fsp3) is 0.364. The van der Waals surface area contributed by atoms with Crippen molar-refractivity contribution in [3.8, 4) is 5.75 Å². The molecule has 2 amide bonds. The normalized spacial score (nSPS) is 16.5. The molecule has 1 aliphatic rings. The Balaban J connectivity index is 1.58. The predicted octanol–water partition coefficient (Wildman–Crippen LogP) is 3.02. The Labute approximate surface area is 160 Å². The molecule has 1 N–H and O–H groups in total. The van der Waals surface area contributed by atoms with Crippen LogP contribution in [-0.4, -0.2) is 32.0 Å². The average molecular weight is 366 g/mol. The van der Waals surface area contributed by atoms with Crippen molar-refractivity contribution in [2.24, 2.45) is 5.92 Å². The lowest BCUT2D eigenvalue weighted by Crippen LogP contribution is -2.34. The van der Waals surface area contributed by atoms with Gasteiger partial charge in [0.05, 0.1) is 13.0 Å². The second-order valence-corrected chi connectivity index (χ2v) is 7.05. The van der Waals surface area contributed by atoms with E-state index >= 15 is 0 Å². The van der Waals surface area contributed by atoms with Crippen molar-refractivity contribution in [3.63, 3.8) is 0 Å². The molecule has 1 heterocycles. The van der Waals surface area contributed by atoms with E-state index in [-0.39, 0.29) is 24.2 Å². The Morgan fingerprint density at radius 2 is 2.00 bits per heavy atom. The van der Waals surface area contributed by atoms with Gasteiger partial charge >= 0.3 is 0 Å². The smallest absolute Gasteiger partial charge is 0.227 e. The number of ether oxygens (including phenoxy) is 1. The van der Waals surface area contributed by atoms with Gasteiger partial charge in [-0.05, 0) is 49.1 Å². The zero-order valence-electron chi connectivity index (χ0n) is 16.1. The van der Waals surface area contributed by atoms with Crippen LogP contribution in [0.1, 0.15) is 23.1 Å². The molecule has 0 aromatic heterocycles. The van der Waals surface area contributed by atoms with Crippen molar-refractivity contribution < 1.29 is 14.3 Å². The Bertz CT molecular complexity index is 847. The van der Waals surface area contributed by atoms with Crippen LogP contribution in [0.2, 0.25) is 0 Å². The van der Waals surface area contributed by atoms with Gasteiger partial charge in [-0.25, -0.2) is 0 Å². The summed E-state index contributed by atoms with van der Waals surface area (Å²) >= 11 is 0. The molecular weight excluding hydrogens is 340 g/mol. The first kappa shape index (κ1) is 19.0. The van der Waals surface area contributed by atoms with Crippen LogP contribution in [0.5, 0.6) is 5.75 Å². The van der Waals surface area contributed by atoms with Crippen molar-refractivity contribution in [1.29, 1.82) is 0 Å². The van der Waals surface area contributed by atoms with Crippen LogP contribution in [-0.2, 0) is 16.0 Å². The molecule has 142 valence electrons. The van der Waals surface area contributed by atoms with Crippen LogP contribution >= 0.6 is 0 Å². The first-order chi connectivity index (χ1) is 13.0. The molecule has 0 radical (unpaired) electrons. The third-order valence-corrected chi connectivity index (χ3v) is 5.04. The second-order valence-electron chi connectivity index (χ2n) is 7.05. The summed E-state index contributed by atoms with van der Waals surface area (Å²) in [5, 5.41) is 2.97. The third kappa shape index (κ3) is 4.30. The lowest BCUT2D eigenvalue weighted by atomic mass is 10.1. The van der Waals surface area contributed by atoms with Gasteiger partial charge < -0.3 is 15.0 Å². The number of anilines is 1. The van der Waals surface area contributed by atoms with Gasteiger partial charge in [0.2, 0.25) is 11.8 Å². The zero-order valence-corrected chi connectivity index (χ0v) is 16.1. The molecule has 5 heteroatoms. The Morgan fingerprint density at radius 1 is 1.22 bits per heavy atom. The number of methoxy groups -OCH3 is 1. The van der Waals surface area contributed by atoms with Crippen molar-refractivity contribution in [3.05, 3.63) is 59.2 Å². The fourth-order valence-corrected chi connectivity index (χ4v) is 3.50. The monoisotopic (exact) mass is 366 g/mol. The van der Waals surface area contributed by atoms with E-state index in [0.29, 0.717) is 19.5 Å². The summed E-state index contributed by atoms with van der Waals surface area (Å²) in [6.07, 6.45) is 0.949. The number of nitrogens with zero attached hydrogens (tertiary/aromatic N) is 1. The molecule has 0 aliphatic carbocycles. The summed E-state index contributed by atoms with van der Waals surface area (Å²) in [5.41, 5.74) is 4.11. The second kappa shape index (κ2) is 8.25. The number of hydrogen-bond acceptors (Lipinski definition) is 3. The summed E-state index contributed by atoms with van der Waals surface area (Å²) in [4.78, 5) is 26.7. The van der Waals surface area contributed by atoms with Gasteiger partial charge in [0, 0.05) is 25.2 Å². The van der Waals surface area contributed by atoms with Crippen molar-refractivity contribution >= 4 is 17.5 Å². The quantitative estimate of drug-likeness (QED) is 0.855. The molecule has 3 rings (SSSR count). The molecule has 1 aliphatic heterocycles. The lowest BCUT2D eigenvalue weighted by molar-refractivity contribution is -0.126. The van der Waals surface area contributed by atoms with Gasteiger partial charge in [0.15, 0.2) is 0 Å². The molecule has 5 nitrogen and oxygen atoms in total. The van der Waals surface area contributed by atoms with Gasteiger partial charge in [0.25, 0.3) is 0 Å².